The maximum Gasteiger partial charge on any atom is 0.303 e. The molecule has 0 saturated carbocycles. The fourth-order valence-corrected chi connectivity index (χ4v) is 2.81. The molecule has 1 saturated heterocycles. The predicted octanol–water partition coefficient (Wildman–Crippen LogP) is 3.06. The highest BCUT2D eigenvalue weighted by Crippen LogP contribution is 2.23. The van der Waals surface area contributed by atoms with Crippen molar-refractivity contribution in [2.75, 3.05) is 13.1 Å². The molecule has 1 heterocycles. The zero-order valence-corrected chi connectivity index (χ0v) is 12.0. The molecule has 1 amide bonds. The molecule has 0 unspecified atom stereocenters. The number of benzene rings is 1. The number of carboxylic acids is 1. The second-order valence-electron chi connectivity index (χ2n) is 5.20. The van der Waals surface area contributed by atoms with Gasteiger partial charge in [0.05, 0.1) is 0 Å². The summed E-state index contributed by atoms with van der Waals surface area (Å²) in [4.78, 5) is 24.8. The average molecular weight is 296 g/mol. The van der Waals surface area contributed by atoms with Crippen molar-refractivity contribution in [1.82, 2.24) is 4.90 Å². The van der Waals surface area contributed by atoms with Gasteiger partial charge in [-0.05, 0) is 43.4 Å². The number of aliphatic carboxylic acids is 1. The van der Waals surface area contributed by atoms with E-state index >= 15 is 0 Å². The number of halogens is 1. The van der Waals surface area contributed by atoms with Crippen molar-refractivity contribution in [2.45, 2.75) is 25.7 Å². The molecular weight excluding hydrogens is 278 g/mol. The Morgan fingerprint density at radius 2 is 2.20 bits per heavy atom. The van der Waals surface area contributed by atoms with Crippen LogP contribution in [0.1, 0.15) is 36.0 Å². The first-order valence-electron chi connectivity index (χ1n) is 6.83. The zero-order chi connectivity index (χ0) is 14.5. The van der Waals surface area contributed by atoms with Crippen molar-refractivity contribution in [2.24, 2.45) is 5.92 Å². The van der Waals surface area contributed by atoms with Crippen molar-refractivity contribution in [1.29, 1.82) is 0 Å². The first kappa shape index (κ1) is 14.9. The Kier molecular flexibility index (Phi) is 5.01. The van der Waals surface area contributed by atoms with Gasteiger partial charge in [-0.3, -0.25) is 9.59 Å². The molecule has 0 aliphatic carbocycles. The van der Waals surface area contributed by atoms with Crippen LogP contribution in [-0.4, -0.2) is 35.0 Å². The molecule has 1 aromatic carbocycles. The van der Waals surface area contributed by atoms with Gasteiger partial charge in [0, 0.05) is 30.1 Å². The van der Waals surface area contributed by atoms with Gasteiger partial charge in [-0.15, -0.1) is 0 Å². The van der Waals surface area contributed by atoms with Gasteiger partial charge in [0.15, 0.2) is 0 Å². The largest absolute Gasteiger partial charge is 0.481 e. The van der Waals surface area contributed by atoms with E-state index in [1.54, 1.807) is 24.3 Å². The number of hydrogen-bond acceptors (Lipinski definition) is 2. The Hall–Kier alpha value is -1.55. The van der Waals surface area contributed by atoms with Crippen molar-refractivity contribution < 1.29 is 14.7 Å². The van der Waals surface area contributed by atoms with Gasteiger partial charge in [0.1, 0.15) is 0 Å². The summed E-state index contributed by atoms with van der Waals surface area (Å²) >= 11 is 5.91. The van der Waals surface area contributed by atoms with Crippen LogP contribution in [0.3, 0.4) is 0 Å². The molecule has 1 fully saturated rings. The van der Waals surface area contributed by atoms with Crippen LogP contribution in [0.4, 0.5) is 0 Å². The van der Waals surface area contributed by atoms with E-state index in [0.29, 0.717) is 23.6 Å². The summed E-state index contributed by atoms with van der Waals surface area (Å²) in [5.74, 6) is -0.515. The molecule has 1 aliphatic heterocycles. The number of carbonyl (C=O) groups excluding carboxylic acids is 1. The van der Waals surface area contributed by atoms with Gasteiger partial charge in [-0.2, -0.15) is 0 Å². The van der Waals surface area contributed by atoms with Crippen LogP contribution in [0.5, 0.6) is 0 Å². The molecule has 0 spiro atoms. The van der Waals surface area contributed by atoms with Gasteiger partial charge < -0.3 is 10.0 Å². The summed E-state index contributed by atoms with van der Waals surface area (Å²) in [5.41, 5.74) is 0.594. The molecule has 0 aromatic heterocycles. The van der Waals surface area contributed by atoms with E-state index in [1.165, 1.54) is 0 Å². The van der Waals surface area contributed by atoms with E-state index in [4.69, 9.17) is 16.7 Å². The lowest BCUT2D eigenvalue weighted by Gasteiger charge is -2.32. The molecule has 2 rings (SSSR count). The average Bonchev–Trinajstić information content (AvgIpc) is 2.44. The summed E-state index contributed by atoms with van der Waals surface area (Å²) in [6.45, 7) is 1.37. The van der Waals surface area contributed by atoms with Gasteiger partial charge >= 0.3 is 5.97 Å². The van der Waals surface area contributed by atoms with Crippen LogP contribution in [0.25, 0.3) is 0 Å². The minimum Gasteiger partial charge on any atom is -0.481 e. The number of amides is 1. The van der Waals surface area contributed by atoms with Crippen molar-refractivity contribution in [3.8, 4) is 0 Å². The molecular formula is C15H18ClNO3. The van der Waals surface area contributed by atoms with E-state index in [9.17, 15) is 9.59 Å². The SMILES string of the molecule is O=C(O)CC[C@H]1CCCN(C(=O)c2cccc(Cl)c2)C1. The van der Waals surface area contributed by atoms with Crippen LogP contribution in [-0.2, 0) is 4.79 Å². The third-order valence-corrected chi connectivity index (χ3v) is 3.88. The second-order valence-corrected chi connectivity index (χ2v) is 5.64. The van der Waals surface area contributed by atoms with E-state index < -0.39 is 5.97 Å². The quantitative estimate of drug-likeness (QED) is 0.929. The summed E-state index contributed by atoms with van der Waals surface area (Å²) in [6.07, 6.45) is 2.72. The van der Waals surface area contributed by atoms with Gasteiger partial charge in [0.25, 0.3) is 5.91 Å². The van der Waals surface area contributed by atoms with Crippen molar-refractivity contribution in [3.05, 3.63) is 34.9 Å². The smallest absolute Gasteiger partial charge is 0.303 e. The first-order chi connectivity index (χ1) is 9.56. The van der Waals surface area contributed by atoms with E-state index in [2.05, 4.69) is 0 Å². The van der Waals surface area contributed by atoms with E-state index in [0.717, 1.165) is 19.4 Å². The number of rotatable bonds is 4. The third-order valence-electron chi connectivity index (χ3n) is 3.64. The molecule has 5 heteroatoms. The lowest BCUT2D eigenvalue weighted by Crippen LogP contribution is -2.40. The summed E-state index contributed by atoms with van der Waals surface area (Å²) in [5, 5.41) is 9.28. The monoisotopic (exact) mass is 295 g/mol. The Bertz CT molecular complexity index is 504. The molecule has 0 bridgehead atoms. The molecule has 0 radical (unpaired) electrons. The molecule has 4 nitrogen and oxygen atoms in total. The standard InChI is InChI=1S/C15H18ClNO3/c16-13-5-1-4-12(9-13)15(20)17-8-2-3-11(10-17)6-7-14(18)19/h1,4-5,9,11H,2-3,6-8,10H2,(H,18,19)/t11-/m1/s1. The fourth-order valence-electron chi connectivity index (χ4n) is 2.62. The Labute approximate surface area is 123 Å². The topological polar surface area (TPSA) is 57.6 Å². The highest BCUT2D eigenvalue weighted by atomic mass is 35.5. The Morgan fingerprint density at radius 3 is 2.90 bits per heavy atom. The molecule has 1 atom stereocenters. The van der Waals surface area contributed by atoms with Gasteiger partial charge in [0.2, 0.25) is 0 Å². The highest BCUT2D eigenvalue weighted by Gasteiger charge is 2.24. The number of nitrogens with zero attached hydrogens (tertiary/aromatic N) is 1. The first-order valence-corrected chi connectivity index (χ1v) is 7.20. The molecule has 1 aromatic rings. The van der Waals surface area contributed by atoms with Gasteiger partial charge in [-0.25, -0.2) is 0 Å². The Balaban J connectivity index is 1.98. The summed E-state index contributed by atoms with van der Waals surface area (Å²) < 4.78 is 0. The number of likely N-dealkylation sites (tertiary alicyclic amines) is 1. The van der Waals surface area contributed by atoms with E-state index in [-0.39, 0.29) is 18.2 Å². The van der Waals surface area contributed by atoms with Crippen LogP contribution >= 0.6 is 11.6 Å². The van der Waals surface area contributed by atoms with Crippen LogP contribution in [0.15, 0.2) is 24.3 Å². The summed E-state index contributed by atoms with van der Waals surface area (Å²) in [6, 6.07) is 6.94. The highest BCUT2D eigenvalue weighted by molar-refractivity contribution is 6.30. The maximum absolute atomic E-state index is 12.4. The Morgan fingerprint density at radius 1 is 1.40 bits per heavy atom. The van der Waals surface area contributed by atoms with Crippen molar-refractivity contribution >= 4 is 23.5 Å². The second kappa shape index (κ2) is 6.75. The normalized spacial score (nSPS) is 18.9. The van der Waals surface area contributed by atoms with Crippen LogP contribution in [0.2, 0.25) is 5.02 Å². The molecule has 1 N–H and O–H groups in total. The summed E-state index contributed by atoms with van der Waals surface area (Å²) in [7, 11) is 0. The predicted molar refractivity (Wildman–Crippen MR) is 76.9 cm³/mol. The molecule has 20 heavy (non-hydrogen) atoms. The zero-order valence-electron chi connectivity index (χ0n) is 11.2. The van der Waals surface area contributed by atoms with Crippen LogP contribution < -0.4 is 0 Å². The van der Waals surface area contributed by atoms with E-state index in [1.807, 2.05) is 4.90 Å². The third kappa shape index (κ3) is 3.97. The maximum atomic E-state index is 12.4. The number of carbonyl (C=O) groups is 2. The molecule has 108 valence electrons. The number of carboxylic acid groups (broad SMARTS) is 1. The number of hydrogen-bond donors (Lipinski definition) is 1. The van der Waals surface area contributed by atoms with Gasteiger partial charge in [-0.1, -0.05) is 17.7 Å². The lowest BCUT2D eigenvalue weighted by molar-refractivity contribution is -0.137. The molecule has 1 aliphatic rings. The lowest BCUT2D eigenvalue weighted by atomic mass is 9.93. The minimum atomic E-state index is -0.775. The van der Waals surface area contributed by atoms with Crippen LogP contribution in [0, 0.1) is 5.92 Å². The van der Waals surface area contributed by atoms with Crippen molar-refractivity contribution in [3.63, 3.8) is 0 Å². The fraction of sp³-hybridized carbons (Fsp3) is 0.467. The minimum absolute atomic E-state index is 0.0208. The number of piperidine rings is 1.